The number of hydrogen-bond acceptors (Lipinski definition) is 6. The minimum absolute atomic E-state index is 0.0518. The molecule has 0 atom stereocenters. The Kier molecular flexibility index (Phi) is 3.92. The van der Waals surface area contributed by atoms with Crippen molar-refractivity contribution in [1.82, 2.24) is 0 Å². The molecule has 0 radical (unpaired) electrons. The average molecular weight is 349 g/mol. The molecule has 0 aliphatic carbocycles. The van der Waals surface area contributed by atoms with E-state index < -0.39 is 5.97 Å². The number of rotatable bonds is 3. The summed E-state index contributed by atoms with van der Waals surface area (Å²) in [5.41, 5.74) is 1.93. The third-order valence-corrected chi connectivity index (χ3v) is 3.94. The third-order valence-electron chi connectivity index (χ3n) is 3.72. The molecule has 4 rings (SSSR count). The van der Waals surface area contributed by atoms with E-state index >= 15 is 0 Å². The summed E-state index contributed by atoms with van der Waals surface area (Å²) in [7, 11) is 0. The van der Waals surface area contributed by atoms with Gasteiger partial charge in [0.15, 0.2) is 18.3 Å². The minimum atomic E-state index is -0.464. The number of carbonyl (C=O) groups is 1. The van der Waals surface area contributed by atoms with Crippen molar-refractivity contribution in [2.24, 2.45) is 0 Å². The van der Waals surface area contributed by atoms with Crippen LogP contribution < -0.4 is 14.2 Å². The summed E-state index contributed by atoms with van der Waals surface area (Å²) >= 11 is 6.10. The molecule has 2 aromatic rings. The van der Waals surface area contributed by atoms with Crippen LogP contribution in [0.2, 0.25) is 5.02 Å². The van der Waals surface area contributed by atoms with Gasteiger partial charge in [-0.15, -0.1) is 0 Å². The maximum atomic E-state index is 12.3. The van der Waals surface area contributed by atoms with Gasteiger partial charge in [-0.3, -0.25) is 0 Å². The highest BCUT2D eigenvalue weighted by molar-refractivity contribution is 6.30. The van der Waals surface area contributed by atoms with Gasteiger partial charge in [0.25, 0.3) is 0 Å². The monoisotopic (exact) mass is 348 g/mol. The van der Waals surface area contributed by atoms with Crippen molar-refractivity contribution in [3.8, 4) is 17.2 Å². The standard InChI is InChI=1S/C17H13ClO6/c18-13-3-11-6-20-8-24-16(11)12(4-13)7-21-17(19)10-1-2-14-15(5-10)23-9-22-14/h1-5H,6-9H2. The molecule has 6 nitrogen and oxygen atoms in total. The Bertz CT molecular complexity index is 804. The Hall–Kier alpha value is -2.44. The molecular formula is C17H13ClO6. The van der Waals surface area contributed by atoms with Gasteiger partial charge in [-0.2, -0.15) is 0 Å². The number of benzene rings is 2. The van der Waals surface area contributed by atoms with Gasteiger partial charge in [0.1, 0.15) is 12.4 Å². The molecule has 0 saturated heterocycles. The highest BCUT2D eigenvalue weighted by Gasteiger charge is 2.20. The topological polar surface area (TPSA) is 63.2 Å². The fraction of sp³-hybridized carbons (Fsp3) is 0.235. The Balaban J connectivity index is 1.51. The SMILES string of the molecule is O=C(OCc1cc(Cl)cc2c1OCOC2)c1ccc2c(c1)OCO2. The summed E-state index contributed by atoms with van der Waals surface area (Å²) in [5.74, 6) is 1.34. The van der Waals surface area contributed by atoms with Gasteiger partial charge < -0.3 is 23.7 Å². The van der Waals surface area contributed by atoms with E-state index in [9.17, 15) is 4.79 Å². The average Bonchev–Trinajstić information content (AvgIpc) is 3.06. The van der Waals surface area contributed by atoms with Crippen molar-refractivity contribution in [3.05, 3.63) is 52.0 Å². The molecule has 124 valence electrons. The second kappa shape index (κ2) is 6.22. The quantitative estimate of drug-likeness (QED) is 0.793. The number of ether oxygens (including phenoxy) is 5. The lowest BCUT2D eigenvalue weighted by atomic mass is 10.1. The zero-order valence-electron chi connectivity index (χ0n) is 12.5. The highest BCUT2D eigenvalue weighted by atomic mass is 35.5. The molecule has 0 aromatic heterocycles. The summed E-state index contributed by atoms with van der Waals surface area (Å²) in [6.45, 7) is 0.787. The zero-order valence-corrected chi connectivity index (χ0v) is 13.3. The van der Waals surface area contributed by atoms with Gasteiger partial charge in [0, 0.05) is 16.1 Å². The third kappa shape index (κ3) is 2.86. The molecule has 0 saturated carbocycles. The number of halogens is 1. The molecule has 0 bridgehead atoms. The summed E-state index contributed by atoms with van der Waals surface area (Å²) in [6.07, 6.45) is 0. The van der Waals surface area contributed by atoms with Crippen LogP contribution >= 0.6 is 11.6 Å². The van der Waals surface area contributed by atoms with Crippen LogP contribution in [-0.4, -0.2) is 19.6 Å². The molecule has 24 heavy (non-hydrogen) atoms. The molecular weight excluding hydrogens is 336 g/mol. The van der Waals surface area contributed by atoms with Gasteiger partial charge in [0.05, 0.1) is 12.2 Å². The molecule has 0 amide bonds. The van der Waals surface area contributed by atoms with Crippen LogP contribution in [0.1, 0.15) is 21.5 Å². The molecule has 0 N–H and O–H groups in total. The normalized spacial score (nSPS) is 14.7. The van der Waals surface area contributed by atoms with E-state index in [1.165, 1.54) is 0 Å². The Morgan fingerprint density at radius 1 is 1.08 bits per heavy atom. The molecule has 2 aliphatic heterocycles. The first kappa shape index (κ1) is 15.1. The van der Waals surface area contributed by atoms with Gasteiger partial charge in [-0.05, 0) is 30.3 Å². The summed E-state index contributed by atoms with van der Waals surface area (Å²) < 4.78 is 26.6. The van der Waals surface area contributed by atoms with Crippen LogP contribution in [-0.2, 0) is 22.7 Å². The maximum absolute atomic E-state index is 12.3. The molecule has 7 heteroatoms. The Labute approximate surface area is 142 Å². The lowest BCUT2D eigenvalue weighted by Crippen LogP contribution is -2.14. The van der Waals surface area contributed by atoms with E-state index in [4.69, 9.17) is 35.3 Å². The molecule has 0 unspecified atom stereocenters. The Morgan fingerprint density at radius 3 is 2.88 bits per heavy atom. The Morgan fingerprint density at radius 2 is 1.96 bits per heavy atom. The zero-order chi connectivity index (χ0) is 16.5. The summed E-state index contributed by atoms with van der Waals surface area (Å²) in [4.78, 5) is 12.3. The van der Waals surface area contributed by atoms with E-state index in [0.717, 1.165) is 5.56 Å². The predicted octanol–water partition coefficient (Wildman–Crippen LogP) is 3.29. The lowest BCUT2D eigenvalue weighted by Gasteiger charge is -2.21. The summed E-state index contributed by atoms with van der Waals surface area (Å²) in [5, 5.41) is 0.539. The predicted molar refractivity (Wildman–Crippen MR) is 83.4 cm³/mol. The smallest absolute Gasteiger partial charge is 0.338 e. The second-order valence-electron chi connectivity index (χ2n) is 5.31. The first-order chi connectivity index (χ1) is 11.7. The van der Waals surface area contributed by atoms with Crippen LogP contribution in [0, 0.1) is 0 Å². The van der Waals surface area contributed by atoms with Crippen LogP contribution in [0.4, 0.5) is 0 Å². The molecule has 2 aliphatic rings. The first-order valence-corrected chi connectivity index (χ1v) is 7.67. The van der Waals surface area contributed by atoms with E-state index in [0.29, 0.717) is 40.0 Å². The summed E-state index contributed by atoms with van der Waals surface area (Å²) in [6, 6.07) is 8.41. The molecule has 2 aromatic carbocycles. The minimum Gasteiger partial charge on any atom is -0.467 e. The van der Waals surface area contributed by atoms with Gasteiger partial charge in [-0.25, -0.2) is 4.79 Å². The maximum Gasteiger partial charge on any atom is 0.338 e. The van der Waals surface area contributed by atoms with E-state index in [2.05, 4.69) is 0 Å². The van der Waals surface area contributed by atoms with Gasteiger partial charge in [0.2, 0.25) is 6.79 Å². The number of carbonyl (C=O) groups excluding carboxylic acids is 1. The van der Waals surface area contributed by atoms with Crippen LogP contribution in [0.25, 0.3) is 0 Å². The van der Waals surface area contributed by atoms with Crippen molar-refractivity contribution < 1.29 is 28.5 Å². The second-order valence-corrected chi connectivity index (χ2v) is 5.74. The molecule has 0 fully saturated rings. The first-order valence-electron chi connectivity index (χ1n) is 7.29. The highest BCUT2D eigenvalue weighted by Crippen LogP contribution is 2.34. The van der Waals surface area contributed by atoms with Crippen LogP contribution in [0.5, 0.6) is 17.2 Å². The van der Waals surface area contributed by atoms with Crippen molar-refractivity contribution in [3.63, 3.8) is 0 Å². The molecule has 2 heterocycles. The van der Waals surface area contributed by atoms with Crippen LogP contribution in [0.15, 0.2) is 30.3 Å². The fourth-order valence-electron chi connectivity index (χ4n) is 2.61. The number of esters is 1. The van der Waals surface area contributed by atoms with Gasteiger partial charge >= 0.3 is 5.97 Å². The van der Waals surface area contributed by atoms with E-state index in [-0.39, 0.29) is 20.2 Å². The van der Waals surface area contributed by atoms with Crippen LogP contribution in [0.3, 0.4) is 0 Å². The number of hydrogen-bond donors (Lipinski definition) is 0. The van der Waals surface area contributed by atoms with E-state index in [1.807, 2.05) is 0 Å². The van der Waals surface area contributed by atoms with Crippen molar-refractivity contribution >= 4 is 17.6 Å². The van der Waals surface area contributed by atoms with Crippen molar-refractivity contribution in [1.29, 1.82) is 0 Å². The lowest BCUT2D eigenvalue weighted by molar-refractivity contribution is -0.0180. The van der Waals surface area contributed by atoms with E-state index in [1.54, 1.807) is 30.3 Å². The van der Waals surface area contributed by atoms with Crippen molar-refractivity contribution in [2.75, 3.05) is 13.6 Å². The van der Waals surface area contributed by atoms with Crippen molar-refractivity contribution in [2.45, 2.75) is 13.2 Å². The molecule has 0 spiro atoms. The van der Waals surface area contributed by atoms with Gasteiger partial charge in [-0.1, -0.05) is 11.6 Å². The fourth-order valence-corrected chi connectivity index (χ4v) is 2.88. The largest absolute Gasteiger partial charge is 0.467 e. The number of fused-ring (bicyclic) bond motifs is 2.